The molecule has 0 amide bonds. The summed E-state index contributed by atoms with van der Waals surface area (Å²) >= 11 is 1.90. The minimum absolute atomic E-state index is 0.451. The molecule has 2 spiro atoms. The number of benzene rings is 9. The van der Waals surface area contributed by atoms with Crippen molar-refractivity contribution in [2.24, 2.45) is 0 Å². The zero-order chi connectivity index (χ0) is 46.5. The first kappa shape index (κ1) is 39.5. The van der Waals surface area contributed by atoms with Gasteiger partial charge in [-0.2, -0.15) is 0 Å². The van der Waals surface area contributed by atoms with E-state index in [1.165, 1.54) is 103 Å². The summed E-state index contributed by atoms with van der Waals surface area (Å²) in [4.78, 5) is 15.8. The van der Waals surface area contributed by atoms with Gasteiger partial charge in [-0.05, 0) is 124 Å². The van der Waals surface area contributed by atoms with E-state index in [0.29, 0.717) is 0 Å². The zero-order valence-electron chi connectivity index (χ0n) is 38.4. The average molecular weight is 936 g/mol. The minimum Gasteiger partial charge on any atom is -0.309 e. The second kappa shape index (κ2) is 14.4. The third-order valence-electron chi connectivity index (χ3n) is 16.5. The molecule has 9 aromatic carbocycles. The fourth-order valence-electron chi connectivity index (χ4n) is 14.0. The monoisotopic (exact) mass is 935 g/mol. The Hall–Kier alpha value is -8.35. The van der Waals surface area contributed by atoms with Gasteiger partial charge in [0.15, 0.2) is 8.07 Å². The van der Waals surface area contributed by atoms with Gasteiger partial charge in [-0.1, -0.05) is 206 Å². The Morgan fingerprint density at radius 1 is 0.352 bits per heavy atom. The van der Waals surface area contributed by atoms with Crippen LogP contribution in [-0.4, -0.2) is 18.0 Å². The highest BCUT2D eigenvalue weighted by molar-refractivity contribution is 7.99. The Bertz CT molecular complexity index is 3940. The third-order valence-corrected chi connectivity index (χ3v) is 22.5. The molecule has 71 heavy (non-hydrogen) atoms. The van der Waals surface area contributed by atoms with Crippen molar-refractivity contribution in [2.45, 2.75) is 20.6 Å². The lowest BCUT2D eigenvalue weighted by Gasteiger charge is -2.45. The van der Waals surface area contributed by atoms with Crippen LogP contribution in [-0.2, 0) is 10.8 Å². The van der Waals surface area contributed by atoms with Crippen LogP contribution in [0.5, 0.6) is 0 Å². The van der Waals surface area contributed by atoms with Crippen LogP contribution in [0.15, 0.2) is 259 Å². The van der Waals surface area contributed by atoms with E-state index in [2.05, 4.69) is 248 Å². The number of fused-ring (bicyclic) bond motifs is 21. The van der Waals surface area contributed by atoms with Crippen molar-refractivity contribution in [2.75, 3.05) is 4.90 Å². The molecule has 330 valence electrons. The van der Waals surface area contributed by atoms with Gasteiger partial charge < -0.3 is 4.90 Å². The summed E-state index contributed by atoms with van der Waals surface area (Å²) in [6.07, 6.45) is 4.04. The average Bonchev–Trinajstić information content (AvgIpc) is 4.02. The molecule has 0 saturated heterocycles. The maximum Gasteiger partial charge on any atom is 0.184 e. The van der Waals surface area contributed by atoms with E-state index < -0.39 is 18.9 Å². The highest BCUT2D eigenvalue weighted by Crippen LogP contribution is 2.67. The summed E-state index contributed by atoms with van der Waals surface area (Å²) < 4.78 is 0. The van der Waals surface area contributed by atoms with E-state index in [9.17, 15) is 0 Å². The summed E-state index contributed by atoms with van der Waals surface area (Å²) in [5.74, 6) is 0. The highest BCUT2D eigenvalue weighted by atomic mass is 32.2. The van der Waals surface area contributed by atoms with Gasteiger partial charge in [0.05, 0.1) is 34.1 Å². The molecule has 5 heteroatoms. The van der Waals surface area contributed by atoms with Gasteiger partial charge in [0.25, 0.3) is 0 Å². The topological polar surface area (TPSA) is 29.0 Å². The Labute approximate surface area is 417 Å². The number of rotatable bonds is 3. The van der Waals surface area contributed by atoms with Crippen LogP contribution in [0.1, 0.15) is 44.5 Å². The molecular weight excluding hydrogens is 895 g/mol. The van der Waals surface area contributed by atoms with E-state index in [4.69, 9.17) is 9.97 Å². The van der Waals surface area contributed by atoms with Gasteiger partial charge >= 0.3 is 0 Å². The third kappa shape index (κ3) is 4.81. The lowest BCUT2D eigenvalue weighted by Crippen LogP contribution is -2.77. The van der Waals surface area contributed by atoms with Crippen LogP contribution in [0.3, 0.4) is 0 Å². The molecule has 11 aromatic rings. The van der Waals surface area contributed by atoms with E-state index in [1.54, 1.807) is 0 Å². The Kier molecular flexibility index (Phi) is 7.99. The summed E-state index contributed by atoms with van der Waals surface area (Å²) in [6, 6.07) is 89.4. The van der Waals surface area contributed by atoms with E-state index in [-0.39, 0.29) is 0 Å². The van der Waals surface area contributed by atoms with Crippen LogP contribution < -0.4 is 25.6 Å². The lowest BCUT2D eigenvalue weighted by molar-refractivity contribution is 0.714. The first-order chi connectivity index (χ1) is 35.2. The molecule has 0 N–H and O–H groups in total. The smallest absolute Gasteiger partial charge is 0.184 e. The normalized spacial score (nSPS) is 16.9. The molecule has 5 aliphatic rings. The van der Waals surface area contributed by atoms with Crippen molar-refractivity contribution >= 4 is 57.6 Å². The van der Waals surface area contributed by atoms with Crippen LogP contribution in [0.2, 0.25) is 0 Å². The summed E-state index contributed by atoms with van der Waals surface area (Å²) in [6.45, 7) is 0. The second-order valence-electron chi connectivity index (χ2n) is 19.5. The molecule has 4 heterocycles. The first-order valence-corrected chi connectivity index (χ1v) is 27.4. The number of hydrogen-bond acceptors (Lipinski definition) is 4. The van der Waals surface area contributed by atoms with Crippen molar-refractivity contribution < 1.29 is 0 Å². The quantitative estimate of drug-likeness (QED) is 0.165. The van der Waals surface area contributed by atoms with Gasteiger partial charge in [-0.15, -0.1) is 0 Å². The molecule has 0 saturated carbocycles. The molecule has 0 radical (unpaired) electrons. The van der Waals surface area contributed by atoms with Gasteiger partial charge in [0.2, 0.25) is 0 Å². The summed E-state index contributed by atoms with van der Waals surface area (Å²) in [5, 5.41) is 5.46. The standard InChI is InChI=1S/C66H41N3SSi/c1-3-20-43(21-4-1)71(44-22-5-2-6-23-44)61-35-17-14-32-57(61)69(58-33-15-18-36-62(58)71)42-38-56-64(68-41-42)63-53(31-19-37-67-63)66(56)52-30-13-16-34-59(52)70-60-40-54-48(39-55(60)66)47-26-9-12-29-51(47)65(54)49-27-10-7-24-45(49)46-25-8-11-28-50(46)65/h1-41H. The van der Waals surface area contributed by atoms with Crippen LogP contribution in [0, 0.1) is 0 Å². The summed E-state index contributed by atoms with van der Waals surface area (Å²) in [5.41, 5.74) is 19.6. The molecule has 1 unspecified atom stereocenters. The van der Waals surface area contributed by atoms with Gasteiger partial charge in [0.1, 0.15) is 0 Å². The van der Waals surface area contributed by atoms with Gasteiger partial charge in [-0.25, -0.2) is 0 Å². The Morgan fingerprint density at radius 3 is 1.48 bits per heavy atom. The molecular formula is C66H41N3SSi. The van der Waals surface area contributed by atoms with Crippen LogP contribution >= 0.6 is 11.8 Å². The Morgan fingerprint density at radius 2 is 0.845 bits per heavy atom. The van der Waals surface area contributed by atoms with Crippen molar-refractivity contribution in [1.82, 2.24) is 9.97 Å². The largest absolute Gasteiger partial charge is 0.309 e. The SMILES string of the molecule is c1ccc([Si]2(c3ccccc3)c3ccccc3N(c3cnc4c(c3)C3(c5ccccc5Sc5cc6c(cc53)-c3ccccc3C63c5ccccc5-c5ccccc53)c3cccnc3-4)c3ccccc32)cc1. The predicted octanol–water partition coefficient (Wildman–Crippen LogP) is 12.8. The molecule has 2 aromatic heterocycles. The maximum atomic E-state index is 5.59. The van der Waals surface area contributed by atoms with Crippen molar-refractivity contribution in [3.63, 3.8) is 0 Å². The number of hydrogen-bond donors (Lipinski definition) is 0. The number of aromatic nitrogens is 2. The molecule has 16 rings (SSSR count). The van der Waals surface area contributed by atoms with E-state index in [0.717, 1.165) is 22.6 Å². The van der Waals surface area contributed by atoms with Gasteiger partial charge in [-0.3, -0.25) is 9.97 Å². The second-order valence-corrected chi connectivity index (χ2v) is 24.3. The number of nitrogens with zero attached hydrogens (tertiary/aromatic N) is 3. The van der Waals surface area contributed by atoms with Crippen LogP contribution in [0.25, 0.3) is 33.6 Å². The van der Waals surface area contributed by atoms with Crippen LogP contribution in [0.4, 0.5) is 17.1 Å². The van der Waals surface area contributed by atoms with E-state index >= 15 is 0 Å². The molecule has 3 aliphatic carbocycles. The molecule has 0 bridgehead atoms. The molecule has 2 aliphatic heterocycles. The maximum absolute atomic E-state index is 5.59. The fourth-order valence-corrected chi connectivity index (χ4v) is 20.3. The first-order valence-electron chi connectivity index (χ1n) is 24.6. The fraction of sp³-hybridized carbons (Fsp3) is 0.0303. The molecule has 1 atom stereocenters. The molecule has 3 nitrogen and oxygen atoms in total. The Balaban J connectivity index is 0.980. The van der Waals surface area contributed by atoms with Gasteiger partial charge in [0, 0.05) is 32.9 Å². The molecule has 0 fully saturated rings. The summed E-state index contributed by atoms with van der Waals surface area (Å²) in [7, 11) is -2.83. The van der Waals surface area contributed by atoms with Crippen molar-refractivity contribution in [3.8, 4) is 33.6 Å². The highest BCUT2D eigenvalue weighted by Gasteiger charge is 2.56. The van der Waals surface area contributed by atoms with Crippen molar-refractivity contribution in [1.29, 1.82) is 0 Å². The number of anilines is 3. The van der Waals surface area contributed by atoms with Crippen molar-refractivity contribution in [3.05, 3.63) is 293 Å². The van der Waals surface area contributed by atoms with E-state index in [1.807, 2.05) is 18.0 Å². The zero-order valence-corrected chi connectivity index (χ0v) is 40.2. The lowest BCUT2D eigenvalue weighted by atomic mass is 9.66. The minimum atomic E-state index is -2.83. The predicted molar refractivity (Wildman–Crippen MR) is 292 cm³/mol. The number of pyridine rings is 2. The number of para-hydroxylation sites is 2.